The van der Waals surface area contributed by atoms with Crippen LogP contribution in [-0.2, 0) is 9.84 Å². The maximum atomic E-state index is 13.0. The van der Waals surface area contributed by atoms with Crippen molar-refractivity contribution in [3.05, 3.63) is 34.6 Å². The van der Waals surface area contributed by atoms with Crippen LogP contribution in [0.3, 0.4) is 0 Å². The van der Waals surface area contributed by atoms with Gasteiger partial charge in [-0.15, -0.1) is 0 Å². The van der Waals surface area contributed by atoms with E-state index in [1.165, 1.54) is 12.3 Å². The summed E-state index contributed by atoms with van der Waals surface area (Å²) in [7, 11) is -3.01. The molecule has 1 aromatic carbocycles. The molecule has 1 rings (SSSR count). The zero-order valence-electron chi connectivity index (χ0n) is 10.6. The van der Waals surface area contributed by atoms with Crippen molar-refractivity contribution in [1.82, 2.24) is 5.32 Å². The van der Waals surface area contributed by atoms with Crippen LogP contribution in [0.2, 0.25) is 5.02 Å². The first-order valence-electron chi connectivity index (χ1n) is 5.58. The van der Waals surface area contributed by atoms with E-state index in [-0.39, 0.29) is 22.9 Å². The third kappa shape index (κ3) is 4.92. The molecule has 0 radical (unpaired) electrons. The minimum atomic E-state index is -3.01. The zero-order chi connectivity index (χ0) is 13.9. The molecule has 18 heavy (non-hydrogen) atoms. The van der Waals surface area contributed by atoms with E-state index >= 15 is 0 Å². The van der Waals surface area contributed by atoms with Crippen molar-refractivity contribution in [3.8, 4) is 0 Å². The molecule has 2 atom stereocenters. The van der Waals surface area contributed by atoms with Gasteiger partial charge in [0.15, 0.2) is 0 Å². The molecule has 0 aromatic heterocycles. The van der Waals surface area contributed by atoms with Gasteiger partial charge in [-0.25, -0.2) is 12.8 Å². The van der Waals surface area contributed by atoms with E-state index in [9.17, 15) is 12.8 Å². The number of rotatable bonds is 5. The van der Waals surface area contributed by atoms with Crippen LogP contribution in [0.4, 0.5) is 4.39 Å². The minimum absolute atomic E-state index is 0.0618. The largest absolute Gasteiger partial charge is 0.307 e. The summed E-state index contributed by atoms with van der Waals surface area (Å²) in [5.74, 6) is -0.400. The zero-order valence-corrected chi connectivity index (χ0v) is 12.1. The van der Waals surface area contributed by atoms with Gasteiger partial charge in [-0.3, -0.25) is 0 Å². The van der Waals surface area contributed by atoms with E-state index in [0.29, 0.717) is 0 Å². The van der Waals surface area contributed by atoms with Crippen molar-refractivity contribution < 1.29 is 12.8 Å². The van der Waals surface area contributed by atoms with E-state index in [1.807, 2.05) is 6.92 Å². The number of nitrogens with one attached hydrogen (secondary N) is 1. The fourth-order valence-electron chi connectivity index (χ4n) is 1.81. The fourth-order valence-corrected chi connectivity index (χ4v) is 3.00. The van der Waals surface area contributed by atoms with E-state index in [2.05, 4.69) is 5.32 Å². The van der Waals surface area contributed by atoms with E-state index in [4.69, 9.17) is 11.6 Å². The molecule has 0 spiro atoms. The van der Waals surface area contributed by atoms with Crippen molar-refractivity contribution >= 4 is 21.4 Å². The summed E-state index contributed by atoms with van der Waals surface area (Å²) < 4.78 is 35.3. The minimum Gasteiger partial charge on any atom is -0.307 e. The van der Waals surface area contributed by atoms with Gasteiger partial charge in [0.2, 0.25) is 0 Å². The van der Waals surface area contributed by atoms with Gasteiger partial charge in [0, 0.05) is 18.3 Å². The number of hydrogen-bond donors (Lipinski definition) is 1. The van der Waals surface area contributed by atoms with Crippen LogP contribution < -0.4 is 5.32 Å². The Balaban J connectivity index is 2.70. The van der Waals surface area contributed by atoms with Gasteiger partial charge in [0.1, 0.15) is 15.7 Å². The molecular formula is C12H17ClFNO2S. The molecule has 2 unspecified atom stereocenters. The van der Waals surface area contributed by atoms with Crippen LogP contribution in [-0.4, -0.2) is 26.5 Å². The Labute approximate surface area is 112 Å². The second-order valence-electron chi connectivity index (χ2n) is 4.56. The third-order valence-electron chi connectivity index (χ3n) is 2.53. The van der Waals surface area contributed by atoms with Gasteiger partial charge in [-0.1, -0.05) is 17.7 Å². The van der Waals surface area contributed by atoms with Crippen LogP contribution in [0.15, 0.2) is 18.2 Å². The predicted molar refractivity (Wildman–Crippen MR) is 72.1 cm³/mol. The first kappa shape index (κ1) is 15.4. The Hall–Kier alpha value is -0.650. The van der Waals surface area contributed by atoms with Crippen LogP contribution in [0.1, 0.15) is 25.5 Å². The maximum Gasteiger partial charge on any atom is 0.148 e. The van der Waals surface area contributed by atoms with Gasteiger partial charge in [0.05, 0.1) is 10.8 Å². The molecule has 6 heteroatoms. The molecule has 0 bridgehead atoms. The van der Waals surface area contributed by atoms with Crippen LogP contribution in [0.5, 0.6) is 0 Å². The number of halogens is 2. The van der Waals surface area contributed by atoms with Crippen LogP contribution in [0, 0.1) is 5.82 Å². The highest BCUT2D eigenvalue weighted by Crippen LogP contribution is 2.21. The van der Waals surface area contributed by atoms with Gasteiger partial charge >= 0.3 is 0 Å². The summed E-state index contributed by atoms with van der Waals surface area (Å²) in [5, 5.41) is 3.21. The summed E-state index contributed by atoms with van der Waals surface area (Å²) in [6.45, 7) is 3.67. The highest BCUT2D eigenvalue weighted by atomic mass is 35.5. The highest BCUT2D eigenvalue weighted by Gasteiger charge is 2.14. The molecule has 0 fully saturated rings. The third-order valence-corrected chi connectivity index (χ3v) is 3.93. The first-order chi connectivity index (χ1) is 8.19. The molecule has 0 heterocycles. The van der Waals surface area contributed by atoms with E-state index in [1.54, 1.807) is 19.1 Å². The fraction of sp³-hybridized carbons (Fsp3) is 0.500. The summed E-state index contributed by atoms with van der Waals surface area (Å²) >= 11 is 5.70. The lowest BCUT2D eigenvalue weighted by molar-refractivity contribution is 0.500. The number of sulfone groups is 1. The lowest BCUT2D eigenvalue weighted by Crippen LogP contribution is -2.34. The van der Waals surface area contributed by atoms with Crippen LogP contribution in [0.25, 0.3) is 0 Å². The van der Waals surface area contributed by atoms with Crippen molar-refractivity contribution in [2.75, 3.05) is 12.0 Å². The molecule has 1 N–H and O–H groups in total. The molecule has 0 aliphatic heterocycles. The van der Waals surface area contributed by atoms with Crippen molar-refractivity contribution in [3.63, 3.8) is 0 Å². The normalized spacial score (nSPS) is 15.4. The monoisotopic (exact) mass is 293 g/mol. The molecule has 3 nitrogen and oxygen atoms in total. The smallest absolute Gasteiger partial charge is 0.148 e. The summed E-state index contributed by atoms with van der Waals surface area (Å²) in [6, 6.07) is 4.20. The van der Waals surface area contributed by atoms with Crippen molar-refractivity contribution in [2.45, 2.75) is 25.9 Å². The molecule has 0 saturated heterocycles. The maximum absolute atomic E-state index is 13.0. The summed E-state index contributed by atoms with van der Waals surface area (Å²) in [5.41, 5.74) is 0.821. The lowest BCUT2D eigenvalue weighted by atomic mass is 10.1. The van der Waals surface area contributed by atoms with Gasteiger partial charge in [-0.05, 0) is 31.5 Å². The SMILES string of the molecule is CC(CS(C)(=O)=O)NC(C)c1ccc(F)c(Cl)c1. The molecule has 0 saturated carbocycles. The van der Waals surface area contributed by atoms with Crippen molar-refractivity contribution in [1.29, 1.82) is 0 Å². The predicted octanol–water partition coefficient (Wildman–Crippen LogP) is 2.56. The number of benzene rings is 1. The second kappa shape index (κ2) is 5.99. The van der Waals surface area contributed by atoms with Gasteiger partial charge in [-0.2, -0.15) is 0 Å². The number of hydrogen-bond acceptors (Lipinski definition) is 3. The topological polar surface area (TPSA) is 46.2 Å². The Morgan fingerprint density at radius 2 is 2.00 bits per heavy atom. The lowest BCUT2D eigenvalue weighted by Gasteiger charge is -2.20. The summed E-state index contributed by atoms with van der Waals surface area (Å²) in [6.07, 6.45) is 1.20. The average Bonchev–Trinajstić information content (AvgIpc) is 2.18. The standard InChI is InChI=1S/C12H17ClFNO2S/c1-8(7-18(3,16)17)15-9(2)10-4-5-12(14)11(13)6-10/h4-6,8-9,15H,7H2,1-3H3. The highest BCUT2D eigenvalue weighted by molar-refractivity contribution is 7.90. The Morgan fingerprint density at radius 3 is 2.50 bits per heavy atom. The Morgan fingerprint density at radius 1 is 1.39 bits per heavy atom. The van der Waals surface area contributed by atoms with Gasteiger partial charge in [0.25, 0.3) is 0 Å². The molecule has 1 aromatic rings. The Bertz CT molecular complexity index is 519. The molecule has 0 amide bonds. The summed E-state index contributed by atoms with van der Waals surface area (Å²) in [4.78, 5) is 0. The molecule has 102 valence electrons. The van der Waals surface area contributed by atoms with E-state index < -0.39 is 15.7 Å². The molecule has 0 aliphatic rings. The van der Waals surface area contributed by atoms with Gasteiger partial charge < -0.3 is 5.32 Å². The van der Waals surface area contributed by atoms with E-state index in [0.717, 1.165) is 5.56 Å². The average molecular weight is 294 g/mol. The first-order valence-corrected chi connectivity index (χ1v) is 8.01. The quantitative estimate of drug-likeness (QED) is 0.907. The molecule has 0 aliphatic carbocycles. The van der Waals surface area contributed by atoms with Crippen LogP contribution >= 0.6 is 11.6 Å². The second-order valence-corrected chi connectivity index (χ2v) is 7.15. The van der Waals surface area contributed by atoms with Crippen molar-refractivity contribution in [2.24, 2.45) is 0 Å². The Kier molecular flexibility index (Phi) is 5.13. The molecular weight excluding hydrogens is 277 g/mol.